The summed E-state index contributed by atoms with van der Waals surface area (Å²) in [5, 5.41) is 0. The molecule has 48 valence electrons. The van der Waals surface area contributed by atoms with Crippen molar-refractivity contribution in [2.75, 3.05) is 27.2 Å². The molecule has 0 saturated carbocycles. The lowest BCUT2D eigenvalue weighted by molar-refractivity contribution is -0.485. The molecular weight excluding hydrogens is 112 g/mol. The molecule has 0 bridgehead atoms. The van der Waals surface area contributed by atoms with Gasteiger partial charge in [0.25, 0.3) is 0 Å². The molecule has 0 radical (unpaired) electrons. The molecule has 1 aliphatic heterocycles. The summed E-state index contributed by atoms with van der Waals surface area (Å²) in [5.41, 5.74) is 0. The first-order chi connectivity index (χ1) is 4.25. The van der Waals surface area contributed by atoms with Crippen LogP contribution in [0, 0.1) is 12.3 Å². The van der Waals surface area contributed by atoms with Crippen LogP contribution in [0.15, 0.2) is 0 Å². The average Bonchev–Trinajstić information content (AvgIpc) is 2.12. The predicted octanol–water partition coefficient (Wildman–Crippen LogP) is -0.438. The van der Waals surface area contributed by atoms with Gasteiger partial charge in [-0.3, -0.25) is 0 Å². The zero-order chi connectivity index (χ0) is 6.85. The van der Waals surface area contributed by atoms with Crippen molar-refractivity contribution in [2.24, 2.45) is 0 Å². The standard InChI is InChI=1S/C7H10N2/c1-4-7-8(2)5-6-9(7)3/h5-6H2,2-3H3. The van der Waals surface area contributed by atoms with Crippen LogP contribution in [-0.4, -0.2) is 42.5 Å². The Hall–Kier alpha value is -0.970. The highest BCUT2D eigenvalue weighted by Crippen LogP contribution is 1.93. The Balaban J connectivity index is 2.85. The monoisotopic (exact) mass is 122 g/mol. The fourth-order valence-electron chi connectivity index (χ4n) is 0.994. The molecule has 0 saturated heterocycles. The first kappa shape index (κ1) is 6.15. The normalized spacial score (nSPS) is 18.6. The van der Waals surface area contributed by atoms with E-state index in [1.807, 2.05) is 23.6 Å². The molecule has 0 aliphatic carbocycles. The van der Waals surface area contributed by atoms with Crippen LogP contribution >= 0.6 is 0 Å². The Morgan fingerprint density at radius 2 is 2.44 bits per heavy atom. The highest BCUT2D eigenvalue weighted by Gasteiger charge is 2.13. The van der Waals surface area contributed by atoms with Gasteiger partial charge in [0.05, 0.1) is 14.1 Å². The predicted molar refractivity (Wildman–Crippen MR) is 35.8 cm³/mol. The Morgan fingerprint density at radius 1 is 1.78 bits per heavy atom. The second-order valence-electron chi connectivity index (χ2n) is 2.29. The molecule has 0 aromatic carbocycles. The smallest absolute Gasteiger partial charge is 0.171 e. The van der Waals surface area contributed by atoms with Crippen LogP contribution in [0.3, 0.4) is 0 Å². The van der Waals surface area contributed by atoms with Crippen molar-refractivity contribution < 1.29 is 4.58 Å². The second-order valence-corrected chi connectivity index (χ2v) is 2.29. The van der Waals surface area contributed by atoms with Crippen LogP contribution in [0.25, 0.3) is 0 Å². The Bertz CT molecular complexity index is 186. The molecule has 0 amide bonds. The van der Waals surface area contributed by atoms with Crippen LogP contribution in [0.1, 0.15) is 0 Å². The van der Waals surface area contributed by atoms with E-state index in [9.17, 15) is 0 Å². The van der Waals surface area contributed by atoms with Gasteiger partial charge in [-0.2, -0.15) is 0 Å². The van der Waals surface area contributed by atoms with E-state index in [0.717, 1.165) is 18.9 Å². The lowest BCUT2D eigenvalue weighted by atomic mass is 10.5. The van der Waals surface area contributed by atoms with Gasteiger partial charge in [-0.05, 0) is 0 Å². The van der Waals surface area contributed by atoms with Gasteiger partial charge in [0, 0.05) is 0 Å². The summed E-state index contributed by atoms with van der Waals surface area (Å²) in [5.74, 6) is 3.27. The Morgan fingerprint density at radius 3 is 2.67 bits per heavy atom. The summed E-state index contributed by atoms with van der Waals surface area (Å²) in [6.45, 7) is 2.02. The van der Waals surface area contributed by atoms with Gasteiger partial charge in [-0.25, -0.2) is 5.92 Å². The molecule has 0 N–H and O–H groups in total. The first-order valence-corrected chi connectivity index (χ1v) is 2.97. The molecule has 0 spiro atoms. The number of hydrogen-bond acceptors (Lipinski definition) is 1. The second kappa shape index (κ2) is 2.10. The van der Waals surface area contributed by atoms with E-state index in [0.29, 0.717) is 0 Å². The van der Waals surface area contributed by atoms with Crippen molar-refractivity contribution in [1.82, 2.24) is 4.90 Å². The summed E-state index contributed by atoms with van der Waals surface area (Å²) in [4.78, 5) is 2.02. The van der Waals surface area contributed by atoms with Crippen LogP contribution in [-0.2, 0) is 0 Å². The quantitative estimate of drug-likeness (QED) is 0.240. The maximum atomic E-state index is 6.89. The van der Waals surface area contributed by atoms with Gasteiger partial charge in [-0.1, -0.05) is 0 Å². The van der Waals surface area contributed by atoms with Crippen molar-refractivity contribution in [1.29, 1.82) is 0 Å². The summed E-state index contributed by atoms with van der Waals surface area (Å²) >= 11 is 0. The minimum Gasteiger partial charge on any atom is -0.359 e. The van der Waals surface area contributed by atoms with Crippen LogP contribution < -0.4 is 0 Å². The summed E-state index contributed by atoms with van der Waals surface area (Å²) in [6.07, 6.45) is 6.89. The summed E-state index contributed by atoms with van der Waals surface area (Å²) in [6, 6.07) is 0. The van der Waals surface area contributed by atoms with Crippen molar-refractivity contribution in [3.05, 3.63) is 6.42 Å². The number of likely N-dealkylation sites (N-methyl/N-ethyl adjacent to an activating group) is 2. The molecule has 0 fully saturated rings. The molecule has 0 unspecified atom stereocenters. The van der Waals surface area contributed by atoms with E-state index in [1.165, 1.54) is 0 Å². The number of hydrogen-bond donors (Lipinski definition) is 0. The van der Waals surface area contributed by atoms with Crippen molar-refractivity contribution >= 4 is 5.84 Å². The minimum atomic E-state index is 0.884. The maximum Gasteiger partial charge on any atom is 0.171 e. The van der Waals surface area contributed by atoms with E-state index in [2.05, 4.69) is 5.92 Å². The maximum absolute atomic E-state index is 6.89. The molecule has 1 rings (SSSR count). The first-order valence-electron chi connectivity index (χ1n) is 2.97. The van der Waals surface area contributed by atoms with Crippen LogP contribution in [0.2, 0.25) is 0 Å². The molecule has 2 heteroatoms. The van der Waals surface area contributed by atoms with Gasteiger partial charge >= 0.3 is 0 Å². The van der Waals surface area contributed by atoms with E-state index >= 15 is 0 Å². The fraction of sp³-hybridized carbons (Fsp3) is 0.571. The Kier molecular flexibility index (Phi) is 1.44. The van der Waals surface area contributed by atoms with E-state index < -0.39 is 0 Å². The van der Waals surface area contributed by atoms with Gasteiger partial charge < -0.3 is 15.9 Å². The molecule has 0 aromatic rings. The topological polar surface area (TPSA) is 6.25 Å². The lowest BCUT2D eigenvalue weighted by Crippen LogP contribution is -2.22. The van der Waals surface area contributed by atoms with Gasteiger partial charge in [-0.15, -0.1) is 0 Å². The summed E-state index contributed by atoms with van der Waals surface area (Å²) in [7, 11) is 3.95. The average molecular weight is 122 g/mol. The largest absolute Gasteiger partial charge is 0.359 e. The van der Waals surface area contributed by atoms with Crippen molar-refractivity contribution in [3.63, 3.8) is 0 Å². The Labute approximate surface area is 55.8 Å². The molecule has 1 heterocycles. The fourth-order valence-corrected chi connectivity index (χ4v) is 0.994. The van der Waals surface area contributed by atoms with Crippen LogP contribution in [0.4, 0.5) is 0 Å². The van der Waals surface area contributed by atoms with Crippen molar-refractivity contribution in [2.45, 2.75) is 0 Å². The highest BCUT2D eigenvalue weighted by atomic mass is 15.3. The van der Waals surface area contributed by atoms with Gasteiger partial charge in [0.15, 0.2) is 5.84 Å². The molecule has 0 atom stereocenters. The summed E-state index contributed by atoms with van der Waals surface area (Å²) < 4.78 is 2.02. The van der Waals surface area contributed by atoms with E-state index in [1.54, 1.807) is 0 Å². The zero-order valence-corrected chi connectivity index (χ0v) is 5.81. The molecule has 1 aliphatic rings. The lowest BCUT2D eigenvalue weighted by Gasteiger charge is -2.07. The van der Waals surface area contributed by atoms with Crippen LogP contribution in [0.5, 0.6) is 0 Å². The molecule has 2 nitrogen and oxygen atoms in total. The van der Waals surface area contributed by atoms with Gasteiger partial charge in [0.1, 0.15) is 13.1 Å². The third-order valence-electron chi connectivity index (χ3n) is 1.61. The minimum absolute atomic E-state index is 0.884. The molecule has 9 heavy (non-hydrogen) atoms. The van der Waals surface area contributed by atoms with Crippen molar-refractivity contribution in [3.8, 4) is 5.92 Å². The highest BCUT2D eigenvalue weighted by molar-refractivity contribution is 5.93. The zero-order valence-electron chi connectivity index (χ0n) is 5.81. The number of amidine groups is 1. The van der Waals surface area contributed by atoms with Gasteiger partial charge in [0.2, 0.25) is 0 Å². The molecule has 0 aromatic heterocycles. The SMILES string of the molecule is [C-]#CC1=[N+](C)CCN1C. The third-order valence-corrected chi connectivity index (χ3v) is 1.61. The number of nitrogens with zero attached hydrogens (tertiary/aromatic N) is 2. The number of rotatable bonds is 0. The molecular formula is C7H10N2. The van der Waals surface area contributed by atoms with E-state index in [-0.39, 0.29) is 0 Å². The van der Waals surface area contributed by atoms with E-state index in [4.69, 9.17) is 6.42 Å². The third kappa shape index (κ3) is 0.904.